The molecule has 2 aliphatic heterocycles. The number of benzene rings is 2. The Labute approximate surface area is 220 Å². The van der Waals surface area contributed by atoms with Crippen molar-refractivity contribution in [1.82, 2.24) is 8.87 Å². The lowest BCUT2D eigenvalue weighted by Crippen LogP contribution is -2.40. The summed E-state index contributed by atoms with van der Waals surface area (Å²) in [6.07, 6.45) is 1.80. The van der Waals surface area contributed by atoms with Crippen molar-refractivity contribution in [2.24, 2.45) is 0 Å². The van der Waals surface area contributed by atoms with E-state index in [2.05, 4.69) is 0 Å². The molecule has 0 radical (unpaired) electrons. The second kappa shape index (κ2) is 9.82. The van der Waals surface area contributed by atoms with E-state index in [4.69, 9.17) is 4.74 Å². The first-order valence-electron chi connectivity index (χ1n) is 12.3. The third kappa shape index (κ3) is 4.32. The smallest absolute Gasteiger partial charge is 0.269 e. The number of carbonyl (C=O) groups is 1. The van der Waals surface area contributed by atoms with Crippen LogP contribution in [0, 0.1) is 24.0 Å². The fraction of sp³-hybridized carbons (Fsp3) is 0.296. The average molecular weight is 537 g/mol. The Hall–Kier alpha value is -3.80. The SMILES string of the molecule is CCN1C(=O)/C(=C\c2cc(C)n(-c3ccc([N+](=O)[O-])cc3)c2C)c2cc(S(=O)(=O)N3CCOCC3)ccc21. The Bertz CT molecular complexity index is 1570. The molecule has 1 fully saturated rings. The van der Waals surface area contributed by atoms with Crippen LogP contribution in [0.3, 0.4) is 0 Å². The summed E-state index contributed by atoms with van der Waals surface area (Å²) in [7, 11) is -3.73. The zero-order valence-corrected chi connectivity index (χ0v) is 22.2. The largest absolute Gasteiger partial charge is 0.379 e. The van der Waals surface area contributed by atoms with Crippen molar-refractivity contribution in [3.8, 4) is 5.69 Å². The van der Waals surface area contributed by atoms with Crippen LogP contribution < -0.4 is 4.90 Å². The van der Waals surface area contributed by atoms with Crippen LogP contribution in [0.1, 0.15) is 29.4 Å². The molecule has 198 valence electrons. The third-order valence-electron chi connectivity index (χ3n) is 7.04. The highest BCUT2D eigenvalue weighted by atomic mass is 32.2. The Morgan fingerprint density at radius 1 is 1.05 bits per heavy atom. The van der Waals surface area contributed by atoms with Crippen LogP contribution in [0.15, 0.2) is 53.4 Å². The number of nitro benzene ring substituents is 1. The number of anilines is 1. The molecule has 11 heteroatoms. The van der Waals surface area contributed by atoms with Crippen LogP contribution in [0.5, 0.6) is 0 Å². The number of rotatable bonds is 6. The topological polar surface area (TPSA) is 115 Å². The van der Waals surface area contributed by atoms with Crippen molar-refractivity contribution >= 4 is 39.0 Å². The maximum Gasteiger partial charge on any atom is 0.269 e. The molecule has 3 aromatic rings. The second-order valence-corrected chi connectivity index (χ2v) is 11.2. The summed E-state index contributed by atoms with van der Waals surface area (Å²) in [6, 6.07) is 13.1. The van der Waals surface area contributed by atoms with Gasteiger partial charge in [0.1, 0.15) is 0 Å². The highest BCUT2D eigenvalue weighted by Gasteiger charge is 2.34. The molecule has 0 bridgehead atoms. The Kier molecular flexibility index (Phi) is 6.68. The predicted octanol–water partition coefficient (Wildman–Crippen LogP) is 3.93. The molecule has 0 unspecified atom stereocenters. The lowest BCUT2D eigenvalue weighted by Gasteiger charge is -2.26. The molecule has 0 N–H and O–H groups in total. The van der Waals surface area contributed by atoms with Gasteiger partial charge in [-0.25, -0.2) is 8.42 Å². The minimum atomic E-state index is -3.73. The first kappa shape index (κ1) is 25.8. The molecular weight excluding hydrogens is 508 g/mol. The van der Waals surface area contributed by atoms with E-state index in [1.807, 2.05) is 31.4 Å². The number of aromatic nitrogens is 1. The van der Waals surface area contributed by atoms with Gasteiger partial charge < -0.3 is 14.2 Å². The number of sulfonamides is 1. The highest BCUT2D eigenvalue weighted by Crippen LogP contribution is 2.40. The van der Waals surface area contributed by atoms with Crippen molar-refractivity contribution in [2.75, 3.05) is 37.7 Å². The van der Waals surface area contributed by atoms with E-state index < -0.39 is 14.9 Å². The van der Waals surface area contributed by atoms with Gasteiger partial charge in [-0.15, -0.1) is 0 Å². The first-order valence-corrected chi connectivity index (χ1v) is 13.8. The maximum absolute atomic E-state index is 13.4. The maximum atomic E-state index is 13.4. The second-order valence-electron chi connectivity index (χ2n) is 9.24. The molecule has 0 spiro atoms. The van der Waals surface area contributed by atoms with E-state index in [0.717, 1.165) is 22.6 Å². The Morgan fingerprint density at radius 2 is 1.74 bits per heavy atom. The molecule has 2 aliphatic rings. The summed E-state index contributed by atoms with van der Waals surface area (Å²) in [4.78, 5) is 25.8. The van der Waals surface area contributed by atoms with Gasteiger partial charge in [-0.05, 0) is 68.8 Å². The molecule has 0 aliphatic carbocycles. The van der Waals surface area contributed by atoms with Gasteiger partial charge in [0.2, 0.25) is 10.0 Å². The van der Waals surface area contributed by atoms with E-state index in [-0.39, 0.29) is 29.6 Å². The van der Waals surface area contributed by atoms with E-state index in [1.54, 1.807) is 41.3 Å². The lowest BCUT2D eigenvalue weighted by molar-refractivity contribution is -0.384. The summed E-state index contributed by atoms with van der Waals surface area (Å²) in [5, 5.41) is 11.0. The van der Waals surface area contributed by atoms with Crippen molar-refractivity contribution in [3.05, 3.63) is 81.2 Å². The van der Waals surface area contributed by atoms with Crippen LogP contribution in [0.25, 0.3) is 17.3 Å². The normalized spacial score (nSPS) is 17.3. The fourth-order valence-electron chi connectivity index (χ4n) is 5.10. The van der Waals surface area contributed by atoms with Crippen LogP contribution >= 0.6 is 0 Å². The molecule has 38 heavy (non-hydrogen) atoms. The summed E-state index contributed by atoms with van der Waals surface area (Å²) in [5.41, 5.74) is 4.99. The minimum absolute atomic E-state index is 0.00852. The van der Waals surface area contributed by atoms with E-state index in [0.29, 0.717) is 36.6 Å². The van der Waals surface area contributed by atoms with E-state index in [1.165, 1.54) is 16.4 Å². The van der Waals surface area contributed by atoms with Gasteiger partial charge in [0.15, 0.2) is 0 Å². The molecule has 1 amide bonds. The number of hydrogen-bond donors (Lipinski definition) is 0. The summed E-state index contributed by atoms with van der Waals surface area (Å²) in [5.74, 6) is -0.191. The van der Waals surface area contributed by atoms with Gasteiger partial charge in [-0.2, -0.15) is 4.31 Å². The van der Waals surface area contributed by atoms with Gasteiger partial charge in [0.05, 0.1) is 28.7 Å². The number of nitrogens with zero attached hydrogens (tertiary/aromatic N) is 4. The third-order valence-corrected chi connectivity index (χ3v) is 8.93. The summed E-state index contributed by atoms with van der Waals surface area (Å²) >= 11 is 0. The number of non-ortho nitro benzene ring substituents is 1. The number of morpholine rings is 1. The number of ether oxygens (including phenoxy) is 1. The number of amides is 1. The average Bonchev–Trinajstić information content (AvgIpc) is 3.35. The molecule has 0 atom stereocenters. The standard InChI is InChI=1S/C27H28N4O6S/c1-4-29-26-10-9-23(38(35,36)28-11-13-37-14-12-28)17-24(26)25(27(29)32)16-20-15-18(2)30(19(20)3)21-5-7-22(8-6-21)31(33)34/h5-10,15-17H,4,11-14H2,1-3H3/b25-16-. The molecule has 1 saturated heterocycles. The van der Waals surface area contributed by atoms with Crippen molar-refractivity contribution < 1.29 is 22.9 Å². The number of likely N-dealkylation sites (N-methyl/N-ethyl adjacent to an activating group) is 1. The lowest BCUT2D eigenvalue weighted by atomic mass is 10.0. The predicted molar refractivity (Wildman–Crippen MR) is 144 cm³/mol. The van der Waals surface area contributed by atoms with Gasteiger partial charge >= 0.3 is 0 Å². The number of aryl methyl sites for hydroxylation is 1. The zero-order chi connectivity index (χ0) is 27.2. The highest BCUT2D eigenvalue weighted by molar-refractivity contribution is 7.89. The molecule has 2 aromatic carbocycles. The van der Waals surface area contributed by atoms with Crippen molar-refractivity contribution in [2.45, 2.75) is 25.7 Å². The summed E-state index contributed by atoms with van der Waals surface area (Å²) in [6.45, 7) is 7.44. The summed E-state index contributed by atoms with van der Waals surface area (Å²) < 4.78 is 35.3. The van der Waals surface area contributed by atoms with Gasteiger partial charge in [0, 0.05) is 60.0 Å². The van der Waals surface area contributed by atoms with Crippen molar-refractivity contribution in [1.29, 1.82) is 0 Å². The number of nitro groups is 1. The zero-order valence-electron chi connectivity index (χ0n) is 21.4. The molecule has 3 heterocycles. The molecule has 5 rings (SSSR count). The van der Waals surface area contributed by atoms with Gasteiger partial charge in [0.25, 0.3) is 11.6 Å². The molecule has 10 nitrogen and oxygen atoms in total. The van der Waals surface area contributed by atoms with Crippen LogP contribution in [-0.4, -0.2) is 61.0 Å². The first-order chi connectivity index (χ1) is 18.1. The van der Waals surface area contributed by atoms with E-state index in [9.17, 15) is 23.3 Å². The van der Waals surface area contributed by atoms with Crippen LogP contribution in [0.4, 0.5) is 11.4 Å². The number of fused-ring (bicyclic) bond motifs is 1. The molecule has 1 aromatic heterocycles. The van der Waals surface area contributed by atoms with Gasteiger partial charge in [-0.1, -0.05) is 0 Å². The Balaban J connectivity index is 1.58. The van der Waals surface area contributed by atoms with Crippen LogP contribution in [-0.2, 0) is 19.6 Å². The quantitative estimate of drug-likeness (QED) is 0.268. The number of carbonyl (C=O) groups excluding carboxylic acids is 1. The van der Waals surface area contributed by atoms with Gasteiger partial charge in [-0.3, -0.25) is 14.9 Å². The monoisotopic (exact) mass is 536 g/mol. The Morgan fingerprint density at radius 3 is 2.37 bits per heavy atom. The van der Waals surface area contributed by atoms with Crippen LogP contribution in [0.2, 0.25) is 0 Å². The molecule has 0 saturated carbocycles. The minimum Gasteiger partial charge on any atom is -0.379 e. The molecular formula is C27H28N4O6S. The number of hydrogen-bond acceptors (Lipinski definition) is 6. The van der Waals surface area contributed by atoms with E-state index >= 15 is 0 Å². The van der Waals surface area contributed by atoms with Crippen molar-refractivity contribution in [3.63, 3.8) is 0 Å². The fourth-order valence-corrected chi connectivity index (χ4v) is 6.53.